The van der Waals surface area contributed by atoms with E-state index in [1.165, 1.54) is 42.6 Å². The molecule has 5 nitrogen and oxygen atoms in total. The molecule has 1 aromatic heterocycles. The molecule has 3 aromatic rings. The van der Waals surface area contributed by atoms with Crippen molar-refractivity contribution in [2.24, 2.45) is 0 Å². The van der Waals surface area contributed by atoms with Crippen LogP contribution in [0.5, 0.6) is 5.75 Å². The molecule has 0 radical (unpaired) electrons. The van der Waals surface area contributed by atoms with Crippen molar-refractivity contribution in [1.29, 1.82) is 0 Å². The van der Waals surface area contributed by atoms with Crippen LogP contribution >= 0.6 is 0 Å². The number of likely N-dealkylation sites (tertiary alicyclic amines) is 1. The summed E-state index contributed by atoms with van der Waals surface area (Å²) in [6, 6.07) is 17.2. The summed E-state index contributed by atoms with van der Waals surface area (Å²) in [6.07, 6.45) is 6.19. The molecule has 1 saturated heterocycles. The van der Waals surface area contributed by atoms with E-state index in [0.29, 0.717) is 17.8 Å². The molecule has 154 valence electrons. The summed E-state index contributed by atoms with van der Waals surface area (Å²) in [5.74, 6) is 0.770. The fourth-order valence-electron chi connectivity index (χ4n) is 4.09. The Morgan fingerprint density at radius 3 is 2.55 bits per heavy atom. The van der Waals surface area contributed by atoms with Gasteiger partial charge in [0, 0.05) is 17.5 Å². The van der Waals surface area contributed by atoms with Crippen LogP contribution < -0.4 is 4.74 Å². The van der Waals surface area contributed by atoms with Crippen LogP contribution in [-0.4, -0.2) is 49.8 Å². The zero-order chi connectivity index (χ0) is 20.3. The Labute approximate surface area is 173 Å². The molecule has 0 N–H and O–H groups in total. The Bertz CT molecular complexity index is 1080. The van der Waals surface area contributed by atoms with Crippen LogP contribution in [0.15, 0.2) is 54.6 Å². The van der Waals surface area contributed by atoms with Crippen molar-refractivity contribution in [2.45, 2.75) is 25.7 Å². The summed E-state index contributed by atoms with van der Waals surface area (Å²) in [4.78, 5) is 2.51. The van der Waals surface area contributed by atoms with E-state index >= 15 is 0 Å². The lowest BCUT2D eigenvalue weighted by molar-refractivity contribution is 0.205. The highest BCUT2D eigenvalue weighted by Gasteiger charge is 2.18. The quantitative estimate of drug-likeness (QED) is 0.541. The monoisotopic (exact) mass is 412 g/mol. The second kappa shape index (κ2) is 8.59. The van der Waals surface area contributed by atoms with Crippen molar-refractivity contribution in [3.8, 4) is 17.0 Å². The van der Waals surface area contributed by atoms with E-state index in [4.69, 9.17) is 4.74 Å². The van der Waals surface area contributed by atoms with Gasteiger partial charge in [-0.25, -0.2) is 12.4 Å². The molecule has 2 heterocycles. The van der Waals surface area contributed by atoms with Gasteiger partial charge in [0.15, 0.2) is 0 Å². The Kier molecular flexibility index (Phi) is 5.92. The summed E-state index contributed by atoms with van der Waals surface area (Å²) in [7, 11) is -3.44. The molecule has 2 aromatic carbocycles. The highest BCUT2D eigenvalue weighted by Crippen LogP contribution is 2.31. The molecule has 0 spiro atoms. The van der Waals surface area contributed by atoms with Crippen LogP contribution in [0.4, 0.5) is 0 Å². The largest absolute Gasteiger partial charge is 0.494 e. The van der Waals surface area contributed by atoms with Crippen LogP contribution in [0.25, 0.3) is 22.2 Å². The third-order valence-electron chi connectivity index (χ3n) is 5.46. The number of nitrogens with zero attached hydrogens (tertiary/aromatic N) is 2. The van der Waals surface area contributed by atoms with Gasteiger partial charge >= 0.3 is 0 Å². The molecule has 0 unspecified atom stereocenters. The van der Waals surface area contributed by atoms with Gasteiger partial charge < -0.3 is 9.64 Å². The average molecular weight is 413 g/mol. The van der Waals surface area contributed by atoms with E-state index in [-0.39, 0.29) is 0 Å². The standard InChI is InChI=1S/C23H28N2O3S/c1-29(26,27)25-22-12-4-3-9-20(22)18-23(25)19-10-7-11-21(17-19)28-16-8-15-24-13-5-2-6-14-24/h3-4,7,9-12,17-18H,2,5-6,8,13-16H2,1H3. The van der Waals surface area contributed by atoms with E-state index < -0.39 is 10.0 Å². The van der Waals surface area contributed by atoms with E-state index in [9.17, 15) is 8.42 Å². The van der Waals surface area contributed by atoms with Gasteiger partial charge in [0.1, 0.15) is 5.75 Å². The Hall–Kier alpha value is -2.31. The fourth-order valence-corrected chi connectivity index (χ4v) is 5.13. The molecule has 1 aliphatic rings. The predicted molar refractivity (Wildman–Crippen MR) is 118 cm³/mol. The topological polar surface area (TPSA) is 51.5 Å². The van der Waals surface area contributed by atoms with Gasteiger partial charge in [0.25, 0.3) is 0 Å². The first-order valence-electron chi connectivity index (χ1n) is 10.3. The third kappa shape index (κ3) is 4.65. The lowest BCUT2D eigenvalue weighted by atomic mass is 10.1. The zero-order valence-corrected chi connectivity index (χ0v) is 17.7. The Morgan fingerprint density at radius 2 is 1.76 bits per heavy atom. The maximum atomic E-state index is 12.5. The summed E-state index contributed by atoms with van der Waals surface area (Å²) in [5.41, 5.74) is 2.19. The van der Waals surface area contributed by atoms with E-state index in [0.717, 1.165) is 29.7 Å². The summed E-state index contributed by atoms with van der Waals surface area (Å²) in [5, 5.41) is 0.903. The van der Waals surface area contributed by atoms with Gasteiger partial charge in [-0.1, -0.05) is 36.8 Å². The average Bonchev–Trinajstić information content (AvgIpc) is 3.12. The maximum absolute atomic E-state index is 12.5. The van der Waals surface area contributed by atoms with Crippen molar-refractivity contribution in [3.63, 3.8) is 0 Å². The molecule has 0 bridgehead atoms. The number of hydrogen-bond donors (Lipinski definition) is 0. The molecule has 0 amide bonds. The van der Waals surface area contributed by atoms with Crippen LogP contribution in [0.2, 0.25) is 0 Å². The lowest BCUT2D eigenvalue weighted by Gasteiger charge is -2.26. The maximum Gasteiger partial charge on any atom is 0.236 e. The van der Waals surface area contributed by atoms with E-state index in [2.05, 4.69) is 4.90 Å². The molecule has 29 heavy (non-hydrogen) atoms. The highest BCUT2D eigenvalue weighted by atomic mass is 32.2. The number of rotatable bonds is 7. The second-order valence-corrected chi connectivity index (χ2v) is 9.58. The molecule has 1 fully saturated rings. The van der Waals surface area contributed by atoms with Gasteiger partial charge in [-0.2, -0.15) is 0 Å². The Morgan fingerprint density at radius 1 is 0.966 bits per heavy atom. The van der Waals surface area contributed by atoms with Crippen molar-refractivity contribution >= 4 is 20.9 Å². The van der Waals surface area contributed by atoms with Crippen molar-refractivity contribution in [3.05, 3.63) is 54.6 Å². The number of aromatic nitrogens is 1. The van der Waals surface area contributed by atoms with Crippen molar-refractivity contribution < 1.29 is 13.2 Å². The third-order valence-corrected chi connectivity index (χ3v) is 6.52. The second-order valence-electron chi connectivity index (χ2n) is 7.75. The van der Waals surface area contributed by atoms with Gasteiger partial charge in [0.05, 0.1) is 24.1 Å². The first-order valence-corrected chi connectivity index (χ1v) is 12.1. The Balaban J connectivity index is 1.51. The SMILES string of the molecule is CS(=O)(=O)n1c(-c2cccc(OCCCN3CCCCC3)c2)cc2ccccc21. The van der Waals surface area contributed by atoms with Crippen LogP contribution in [0.3, 0.4) is 0 Å². The minimum absolute atomic E-state index is 0.660. The van der Waals surface area contributed by atoms with Gasteiger partial charge in [0.2, 0.25) is 10.0 Å². The number of benzene rings is 2. The first-order chi connectivity index (χ1) is 14.0. The van der Waals surface area contributed by atoms with E-state index in [1.807, 2.05) is 54.6 Å². The number of piperidine rings is 1. The smallest absolute Gasteiger partial charge is 0.236 e. The minimum atomic E-state index is -3.44. The van der Waals surface area contributed by atoms with Crippen LogP contribution in [0, 0.1) is 0 Å². The van der Waals surface area contributed by atoms with Crippen molar-refractivity contribution in [1.82, 2.24) is 8.87 Å². The highest BCUT2D eigenvalue weighted by molar-refractivity contribution is 7.89. The molecule has 0 saturated carbocycles. The number of para-hydroxylation sites is 1. The predicted octanol–water partition coefficient (Wildman–Crippen LogP) is 4.37. The number of ether oxygens (including phenoxy) is 1. The fraction of sp³-hybridized carbons (Fsp3) is 0.391. The minimum Gasteiger partial charge on any atom is -0.494 e. The molecule has 6 heteroatoms. The zero-order valence-electron chi connectivity index (χ0n) is 16.9. The first kappa shape index (κ1) is 20.0. The normalized spacial score (nSPS) is 15.6. The lowest BCUT2D eigenvalue weighted by Crippen LogP contribution is -2.31. The van der Waals surface area contributed by atoms with Gasteiger partial charge in [-0.3, -0.25) is 0 Å². The van der Waals surface area contributed by atoms with Crippen LogP contribution in [-0.2, 0) is 10.0 Å². The molecule has 0 aliphatic carbocycles. The van der Waals surface area contributed by atoms with Crippen LogP contribution in [0.1, 0.15) is 25.7 Å². The molecular formula is C23H28N2O3S. The molecule has 4 rings (SSSR count). The number of hydrogen-bond acceptors (Lipinski definition) is 4. The summed E-state index contributed by atoms with van der Waals surface area (Å²) >= 11 is 0. The van der Waals surface area contributed by atoms with Gasteiger partial charge in [-0.15, -0.1) is 0 Å². The van der Waals surface area contributed by atoms with E-state index in [1.54, 1.807) is 0 Å². The summed E-state index contributed by atoms with van der Waals surface area (Å²) < 4.78 is 32.3. The molecule has 0 atom stereocenters. The molecule has 1 aliphatic heterocycles. The van der Waals surface area contributed by atoms with Gasteiger partial charge in [-0.05, 0) is 56.6 Å². The van der Waals surface area contributed by atoms with Crippen molar-refractivity contribution in [2.75, 3.05) is 32.5 Å². The number of fused-ring (bicyclic) bond motifs is 1. The molecular weight excluding hydrogens is 384 g/mol. The summed E-state index contributed by atoms with van der Waals surface area (Å²) in [6.45, 7) is 4.13.